The highest BCUT2D eigenvalue weighted by Gasteiger charge is 2.35. The molecule has 3 rings (SSSR count). The van der Waals surface area contributed by atoms with E-state index in [1.165, 1.54) is 22.0 Å². The Morgan fingerprint density at radius 2 is 2.12 bits per heavy atom. The molecule has 0 aromatic carbocycles. The fraction of sp³-hybridized carbons (Fsp3) is 0.562. The summed E-state index contributed by atoms with van der Waals surface area (Å²) in [5.74, 6) is -1.31. The molecule has 0 aliphatic carbocycles. The first-order valence-corrected chi connectivity index (χ1v) is 8.58. The van der Waals surface area contributed by atoms with Crippen LogP contribution in [0.25, 0.3) is 0 Å². The topological polar surface area (TPSA) is 153 Å². The minimum atomic E-state index is -0.875. The first-order chi connectivity index (χ1) is 12.4. The molecule has 2 aliphatic rings. The van der Waals surface area contributed by atoms with Crippen molar-refractivity contribution in [2.24, 2.45) is 11.5 Å². The van der Waals surface area contributed by atoms with Gasteiger partial charge in [0.05, 0.1) is 11.7 Å². The van der Waals surface area contributed by atoms with E-state index < -0.39 is 24.0 Å². The van der Waals surface area contributed by atoms with Crippen LogP contribution in [0.3, 0.4) is 0 Å². The Morgan fingerprint density at radius 1 is 1.35 bits per heavy atom. The molecular weight excluding hydrogens is 340 g/mol. The first kappa shape index (κ1) is 18.1. The highest BCUT2D eigenvalue weighted by atomic mass is 16.2. The van der Waals surface area contributed by atoms with Gasteiger partial charge in [0.25, 0.3) is 5.91 Å². The number of nitrogens with one attached hydrogen (secondary N) is 1. The predicted octanol–water partition coefficient (Wildman–Crippen LogP) is -1.85. The average Bonchev–Trinajstić information content (AvgIpc) is 3.33. The van der Waals surface area contributed by atoms with Crippen molar-refractivity contribution in [3.63, 3.8) is 0 Å². The average molecular weight is 362 g/mol. The van der Waals surface area contributed by atoms with Crippen molar-refractivity contribution >= 4 is 23.6 Å². The van der Waals surface area contributed by atoms with Crippen molar-refractivity contribution in [1.82, 2.24) is 19.8 Å². The number of carbonyl (C=O) groups is 4. The summed E-state index contributed by atoms with van der Waals surface area (Å²) in [6.45, 7) is 0.453. The number of rotatable bonds is 5. The molecule has 10 heteroatoms. The molecule has 0 saturated carbocycles. The van der Waals surface area contributed by atoms with E-state index >= 15 is 0 Å². The smallest absolute Gasteiger partial charge is 0.254 e. The summed E-state index contributed by atoms with van der Waals surface area (Å²) in [6, 6.07) is -2.04. The number of hydrogen-bond donors (Lipinski definition) is 3. The van der Waals surface area contributed by atoms with Crippen LogP contribution < -0.4 is 16.8 Å². The second kappa shape index (κ2) is 7.24. The van der Waals surface area contributed by atoms with Crippen molar-refractivity contribution in [1.29, 1.82) is 0 Å². The standard InChI is InChI=1S/C16H22N6O4/c17-10(15(25)22-5-1-2-12(22)14(18)24)6-9-7-21(8-19-9)16(26)11-3-4-13(23)20-11/h7-8,10-12H,1-6,17H2,(H2,18,24)(H,20,23)/t10-,11-,12-/m0/s1. The zero-order valence-corrected chi connectivity index (χ0v) is 14.3. The van der Waals surface area contributed by atoms with Gasteiger partial charge in [-0.05, 0) is 19.3 Å². The van der Waals surface area contributed by atoms with Crippen molar-refractivity contribution in [3.05, 3.63) is 18.2 Å². The maximum Gasteiger partial charge on any atom is 0.254 e. The molecule has 26 heavy (non-hydrogen) atoms. The fourth-order valence-electron chi connectivity index (χ4n) is 3.42. The van der Waals surface area contributed by atoms with Gasteiger partial charge in [-0.2, -0.15) is 0 Å². The molecule has 2 aliphatic heterocycles. The second-order valence-corrected chi connectivity index (χ2v) is 6.67. The molecule has 3 atom stereocenters. The van der Waals surface area contributed by atoms with E-state index in [0.717, 1.165) is 0 Å². The van der Waals surface area contributed by atoms with Crippen LogP contribution in [0.5, 0.6) is 0 Å². The number of likely N-dealkylation sites (tertiary alicyclic amines) is 1. The van der Waals surface area contributed by atoms with E-state index in [2.05, 4.69) is 10.3 Å². The number of aromatic nitrogens is 2. The van der Waals surface area contributed by atoms with Crippen LogP contribution in [-0.4, -0.2) is 62.7 Å². The third-order valence-electron chi connectivity index (χ3n) is 4.79. The molecule has 10 nitrogen and oxygen atoms in total. The highest BCUT2D eigenvalue weighted by Crippen LogP contribution is 2.18. The fourth-order valence-corrected chi connectivity index (χ4v) is 3.42. The molecule has 1 aromatic heterocycles. The van der Waals surface area contributed by atoms with Crippen LogP contribution in [-0.2, 0) is 20.8 Å². The summed E-state index contributed by atoms with van der Waals surface area (Å²) in [5, 5.41) is 2.61. The zero-order valence-electron chi connectivity index (χ0n) is 14.3. The van der Waals surface area contributed by atoms with E-state index in [0.29, 0.717) is 37.9 Å². The van der Waals surface area contributed by atoms with Gasteiger partial charge in [0.2, 0.25) is 17.7 Å². The zero-order chi connectivity index (χ0) is 18.8. The van der Waals surface area contributed by atoms with Gasteiger partial charge in [0, 0.05) is 25.6 Å². The molecule has 140 valence electrons. The third-order valence-corrected chi connectivity index (χ3v) is 4.79. The van der Waals surface area contributed by atoms with Crippen LogP contribution in [0.1, 0.15) is 36.2 Å². The Balaban J connectivity index is 1.61. The lowest BCUT2D eigenvalue weighted by atomic mass is 10.1. The molecule has 0 spiro atoms. The van der Waals surface area contributed by atoms with Crippen LogP contribution in [0, 0.1) is 0 Å². The third kappa shape index (κ3) is 3.59. The number of primary amides is 1. The number of nitrogens with zero attached hydrogens (tertiary/aromatic N) is 3. The van der Waals surface area contributed by atoms with Gasteiger partial charge in [-0.15, -0.1) is 0 Å². The minimum absolute atomic E-state index is 0.137. The van der Waals surface area contributed by atoms with E-state index in [4.69, 9.17) is 11.5 Å². The van der Waals surface area contributed by atoms with Gasteiger partial charge in [0.15, 0.2) is 0 Å². The molecule has 0 radical (unpaired) electrons. The quantitative estimate of drug-likeness (QED) is 0.559. The molecular formula is C16H22N6O4. The summed E-state index contributed by atoms with van der Waals surface area (Å²) >= 11 is 0. The number of nitrogens with two attached hydrogens (primary N) is 2. The largest absolute Gasteiger partial charge is 0.368 e. The normalized spacial score (nSPS) is 23.7. The van der Waals surface area contributed by atoms with Crippen molar-refractivity contribution in [3.8, 4) is 0 Å². The van der Waals surface area contributed by atoms with Gasteiger partial charge in [-0.3, -0.25) is 23.7 Å². The van der Waals surface area contributed by atoms with Gasteiger partial charge in [-0.25, -0.2) is 4.98 Å². The number of amides is 3. The minimum Gasteiger partial charge on any atom is -0.368 e. The van der Waals surface area contributed by atoms with Crippen molar-refractivity contribution in [2.45, 2.75) is 50.2 Å². The van der Waals surface area contributed by atoms with Gasteiger partial charge >= 0.3 is 0 Å². The number of carbonyl (C=O) groups excluding carboxylic acids is 4. The maximum absolute atomic E-state index is 12.5. The molecule has 1 aromatic rings. The van der Waals surface area contributed by atoms with E-state index in [1.54, 1.807) is 0 Å². The van der Waals surface area contributed by atoms with E-state index in [1.807, 2.05) is 0 Å². The van der Waals surface area contributed by atoms with Crippen LogP contribution in [0.2, 0.25) is 0 Å². The molecule has 3 amide bonds. The lowest BCUT2D eigenvalue weighted by Crippen LogP contribution is -2.50. The van der Waals surface area contributed by atoms with Gasteiger partial charge in [-0.1, -0.05) is 0 Å². The Bertz CT molecular complexity index is 745. The Labute approximate surface area is 149 Å². The van der Waals surface area contributed by atoms with Crippen molar-refractivity contribution < 1.29 is 19.2 Å². The summed E-state index contributed by atoms with van der Waals surface area (Å²) in [5.41, 5.74) is 11.8. The molecule has 2 fully saturated rings. The molecule has 3 heterocycles. The molecule has 0 bridgehead atoms. The highest BCUT2D eigenvalue weighted by molar-refractivity contribution is 5.92. The van der Waals surface area contributed by atoms with Gasteiger partial charge in [0.1, 0.15) is 18.4 Å². The number of imidazole rings is 1. The Kier molecular flexibility index (Phi) is 5.03. The van der Waals surface area contributed by atoms with E-state index in [-0.39, 0.29) is 24.1 Å². The Hall–Kier alpha value is -2.75. The lowest BCUT2D eigenvalue weighted by Gasteiger charge is -2.25. The van der Waals surface area contributed by atoms with E-state index in [9.17, 15) is 19.2 Å². The summed E-state index contributed by atoms with van der Waals surface area (Å²) in [4.78, 5) is 53.0. The SMILES string of the molecule is NC(=O)[C@@H]1CCCN1C(=O)[C@@H](N)Cc1cn(C(=O)[C@@H]2CCC(=O)N2)cn1. The molecule has 2 saturated heterocycles. The van der Waals surface area contributed by atoms with Crippen molar-refractivity contribution in [2.75, 3.05) is 6.54 Å². The first-order valence-electron chi connectivity index (χ1n) is 8.58. The van der Waals surface area contributed by atoms with Crippen LogP contribution in [0.15, 0.2) is 12.5 Å². The van der Waals surface area contributed by atoms with Gasteiger partial charge < -0.3 is 21.7 Å². The summed E-state index contributed by atoms with van der Waals surface area (Å²) in [6.07, 6.45) is 5.03. The van der Waals surface area contributed by atoms with Crippen LogP contribution >= 0.6 is 0 Å². The summed E-state index contributed by atoms with van der Waals surface area (Å²) in [7, 11) is 0. The predicted molar refractivity (Wildman–Crippen MR) is 89.6 cm³/mol. The summed E-state index contributed by atoms with van der Waals surface area (Å²) < 4.78 is 1.30. The Morgan fingerprint density at radius 3 is 2.77 bits per heavy atom. The monoisotopic (exact) mass is 362 g/mol. The lowest BCUT2D eigenvalue weighted by molar-refractivity contribution is -0.138. The molecule has 0 unspecified atom stereocenters. The maximum atomic E-state index is 12.5. The number of hydrogen-bond acceptors (Lipinski definition) is 6. The molecule has 5 N–H and O–H groups in total. The second-order valence-electron chi connectivity index (χ2n) is 6.67. The van der Waals surface area contributed by atoms with Crippen LogP contribution in [0.4, 0.5) is 0 Å².